The van der Waals surface area contributed by atoms with Crippen molar-refractivity contribution in [1.29, 1.82) is 0 Å². The molecule has 1 aliphatic carbocycles. The van der Waals surface area contributed by atoms with Gasteiger partial charge in [0, 0.05) is 13.1 Å². The normalized spacial score (nSPS) is 26.0. The third-order valence-electron chi connectivity index (χ3n) is 5.22. The van der Waals surface area contributed by atoms with Crippen LogP contribution in [0.4, 0.5) is 4.39 Å². The molecular formula is C18H16ClFN2O3. The van der Waals surface area contributed by atoms with E-state index in [-0.39, 0.29) is 59.3 Å². The maximum absolute atomic E-state index is 13.1. The average Bonchev–Trinajstić information content (AvgIpc) is 2.79. The lowest BCUT2D eigenvalue weighted by Crippen LogP contribution is -2.62. The molecule has 2 atom stereocenters. The summed E-state index contributed by atoms with van der Waals surface area (Å²) in [5.41, 5.74) is 0.221. The van der Waals surface area contributed by atoms with Gasteiger partial charge >= 0.3 is 0 Å². The van der Waals surface area contributed by atoms with Crippen LogP contribution in [0.25, 0.3) is 0 Å². The van der Waals surface area contributed by atoms with Crippen LogP contribution in [0.1, 0.15) is 23.2 Å². The van der Waals surface area contributed by atoms with Crippen molar-refractivity contribution in [3.63, 3.8) is 0 Å². The number of benzene rings is 1. The maximum atomic E-state index is 13.1. The zero-order valence-electron chi connectivity index (χ0n) is 13.3. The summed E-state index contributed by atoms with van der Waals surface area (Å²) in [5.74, 6) is -1.60. The number of fused-ring (bicyclic) bond motifs is 1. The van der Waals surface area contributed by atoms with Gasteiger partial charge in [-0.2, -0.15) is 0 Å². The number of rotatable bonds is 2. The molecule has 5 nitrogen and oxygen atoms in total. The van der Waals surface area contributed by atoms with E-state index in [1.54, 1.807) is 0 Å². The number of hydrogen-bond acceptors (Lipinski definition) is 3. The van der Waals surface area contributed by atoms with Crippen molar-refractivity contribution in [2.45, 2.75) is 18.9 Å². The van der Waals surface area contributed by atoms with Gasteiger partial charge in [0.2, 0.25) is 11.8 Å². The van der Waals surface area contributed by atoms with Gasteiger partial charge in [-0.25, -0.2) is 4.39 Å². The molecule has 2 aliphatic heterocycles. The Morgan fingerprint density at radius 3 is 2.24 bits per heavy atom. The van der Waals surface area contributed by atoms with Crippen molar-refractivity contribution >= 4 is 29.3 Å². The predicted molar refractivity (Wildman–Crippen MR) is 88.3 cm³/mol. The molecule has 1 aromatic rings. The minimum absolute atomic E-state index is 0.0545. The zero-order chi connectivity index (χ0) is 17.7. The molecule has 0 bridgehead atoms. The van der Waals surface area contributed by atoms with Crippen molar-refractivity contribution in [1.82, 2.24) is 9.80 Å². The molecular weight excluding hydrogens is 347 g/mol. The predicted octanol–water partition coefficient (Wildman–Crippen LogP) is 2.25. The molecule has 0 spiro atoms. The molecule has 0 N–H and O–H groups in total. The molecule has 1 aromatic carbocycles. The van der Waals surface area contributed by atoms with Crippen molar-refractivity contribution in [2.75, 3.05) is 13.1 Å². The molecule has 7 heteroatoms. The monoisotopic (exact) mass is 362 g/mol. The topological polar surface area (TPSA) is 57.7 Å². The molecule has 0 aromatic heterocycles. The first kappa shape index (κ1) is 16.3. The van der Waals surface area contributed by atoms with Crippen LogP contribution in [0.2, 0.25) is 5.02 Å². The van der Waals surface area contributed by atoms with Gasteiger partial charge < -0.3 is 4.90 Å². The highest BCUT2D eigenvalue weighted by Crippen LogP contribution is 2.37. The van der Waals surface area contributed by atoms with Crippen molar-refractivity contribution in [2.24, 2.45) is 11.8 Å². The van der Waals surface area contributed by atoms with E-state index in [9.17, 15) is 18.8 Å². The Bertz CT molecular complexity index is 778. The number of amides is 3. The van der Waals surface area contributed by atoms with Crippen LogP contribution in [0.15, 0.2) is 30.4 Å². The minimum atomic E-state index is -0.507. The van der Waals surface area contributed by atoms with Gasteiger partial charge in [0.25, 0.3) is 5.91 Å². The van der Waals surface area contributed by atoms with E-state index in [0.29, 0.717) is 12.8 Å². The summed E-state index contributed by atoms with van der Waals surface area (Å²) >= 11 is 5.93. The highest BCUT2D eigenvalue weighted by molar-refractivity contribution is 6.33. The molecule has 130 valence electrons. The maximum Gasteiger partial charge on any atom is 0.255 e. The number of halogens is 2. The Kier molecular flexibility index (Phi) is 3.87. The quantitative estimate of drug-likeness (QED) is 0.599. The molecule has 3 amide bonds. The summed E-state index contributed by atoms with van der Waals surface area (Å²) in [6.07, 6.45) is 5.10. The number of imide groups is 1. The standard InChI is InChI=1S/C18H16ClFN2O3/c19-15-7-10(20)5-6-14(15)16(23)21-8-11(9-21)22-17(24)12-3-1-2-4-13(12)18(22)25/h1-2,5-7,11-13H,3-4,8-9H2/t12-,13-/m1/s1. The van der Waals surface area contributed by atoms with E-state index in [4.69, 9.17) is 11.6 Å². The van der Waals surface area contributed by atoms with Crippen molar-refractivity contribution in [3.05, 3.63) is 46.8 Å². The number of likely N-dealkylation sites (tertiary alicyclic amines) is 2. The smallest absolute Gasteiger partial charge is 0.255 e. The first-order valence-electron chi connectivity index (χ1n) is 8.23. The Balaban J connectivity index is 1.44. The van der Waals surface area contributed by atoms with E-state index in [1.165, 1.54) is 21.9 Å². The molecule has 3 aliphatic rings. The van der Waals surface area contributed by atoms with Crippen molar-refractivity contribution in [3.8, 4) is 0 Å². The molecule has 25 heavy (non-hydrogen) atoms. The summed E-state index contributed by atoms with van der Waals surface area (Å²) in [5, 5.41) is 0.0545. The largest absolute Gasteiger partial charge is 0.334 e. The SMILES string of the molecule is O=C(c1ccc(F)cc1Cl)N1CC(N2C(=O)[C@@H]3CC=CC[C@H]3C2=O)C1. The molecule has 2 saturated heterocycles. The Morgan fingerprint density at radius 1 is 1.08 bits per heavy atom. The van der Waals surface area contributed by atoms with Crippen LogP contribution in [-0.2, 0) is 9.59 Å². The van der Waals surface area contributed by atoms with Gasteiger partial charge in [0.05, 0.1) is 28.5 Å². The van der Waals surface area contributed by atoms with E-state index in [2.05, 4.69) is 0 Å². The fraction of sp³-hybridized carbons (Fsp3) is 0.389. The third-order valence-corrected chi connectivity index (χ3v) is 5.53. The van der Waals surface area contributed by atoms with Gasteiger partial charge in [-0.15, -0.1) is 0 Å². The third kappa shape index (κ3) is 2.56. The second-order valence-corrected chi connectivity index (χ2v) is 7.10. The minimum Gasteiger partial charge on any atom is -0.334 e. The fourth-order valence-corrected chi connectivity index (χ4v) is 4.05. The number of carbonyl (C=O) groups excluding carboxylic acids is 3. The van der Waals surface area contributed by atoms with Crippen LogP contribution in [-0.4, -0.2) is 46.7 Å². The van der Waals surface area contributed by atoms with Crippen LogP contribution in [0.5, 0.6) is 0 Å². The molecule has 4 rings (SSSR count). The van der Waals surface area contributed by atoms with E-state index in [0.717, 1.165) is 6.07 Å². The molecule has 2 heterocycles. The summed E-state index contributed by atoms with van der Waals surface area (Å²) < 4.78 is 13.1. The lowest BCUT2D eigenvalue weighted by molar-refractivity contribution is -0.145. The second kappa shape index (κ2) is 5.95. The molecule has 0 radical (unpaired) electrons. The first-order valence-corrected chi connectivity index (χ1v) is 8.61. The summed E-state index contributed by atoms with van der Waals surface area (Å²) in [6.45, 7) is 0.577. The fourth-order valence-electron chi connectivity index (χ4n) is 3.80. The Morgan fingerprint density at radius 2 is 1.68 bits per heavy atom. The van der Waals surface area contributed by atoms with E-state index < -0.39 is 5.82 Å². The van der Waals surface area contributed by atoms with Gasteiger partial charge in [0.15, 0.2) is 0 Å². The van der Waals surface area contributed by atoms with Gasteiger partial charge in [-0.05, 0) is 31.0 Å². The van der Waals surface area contributed by atoms with Gasteiger partial charge in [0.1, 0.15) is 5.82 Å². The Labute approximate surface area is 149 Å². The van der Waals surface area contributed by atoms with Crippen LogP contribution in [0, 0.1) is 17.7 Å². The lowest BCUT2D eigenvalue weighted by atomic mass is 9.85. The lowest BCUT2D eigenvalue weighted by Gasteiger charge is -2.43. The van der Waals surface area contributed by atoms with Crippen LogP contribution in [0.3, 0.4) is 0 Å². The first-order chi connectivity index (χ1) is 12.0. The van der Waals surface area contributed by atoms with E-state index >= 15 is 0 Å². The summed E-state index contributed by atoms with van der Waals surface area (Å²) in [7, 11) is 0. The van der Waals surface area contributed by atoms with Gasteiger partial charge in [-0.3, -0.25) is 19.3 Å². The number of carbonyl (C=O) groups is 3. The van der Waals surface area contributed by atoms with Crippen LogP contribution < -0.4 is 0 Å². The number of allylic oxidation sites excluding steroid dienone is 2. The Hall–Kier alpha value is -2.21. The number of hydrogen-bond donors (Lipinski definition) is 0. The zero-order valence-corrected chi connectivity index (χ0v) is 14.1. The second-order valence-electron chi connectivity index (χ2n) is 6.69. The highest BCUT2D eigenvalue weighted by atomic mass is 35.5. The number of nitrogens with zero attached hydrogens (tertiary/aromatic N) is 2. The van der Waals surface area contributed by atoms with Crippen LogP contribution >= 0.6 is 11.6 Å². The van der Waals surface area contributed by atoms with Gasteiger partial charge in [-0.1, -0.05) is 23.8 Å². The van der Waals surface area contributed by atoms with Crippen molar-refractivity contribution < 1.29 is 18.8 Å². The summed E-state index contributed by atoms with van der Waals surface area (Å²) in [6, 6.07) is 3.34. The molecule has 2 fully saturated rings. The van der Waals surface area contributed by atoms with E-state index in [1.807, 2.05) is 12.2 Å². The molecule has 0 unspecified atom stereocenters. The molecule has 0 saturated carbocycles. The highest BCUT2D eigenvalue weighted by Gasteiger charge is 2.52. The summed E-state index contributed by atoms with van der Waals surface area (Å²) in [4.78, 5) is 40.4. The average molecular weight is 363 g/mol.